The van der Waals surface area contributed by atoms with E-state index in [1.54, 1.807) is 0 Å². The van der Waals surface area contributed by atoms with Crippen molar-refractivity contribution in [2.45, 2.75) is 12.2 Å². The molecule has 3 rings (SSSR count). The van der Waals surface area contributed by atoms with Crippen molar-refractivity contribution in [3.8, 4) is 0 Å². The van der Waals surface area contributed by atoms with E-state index in [2.05, 4.69) is 60.5 Å². The van der Waals surface area contributed by atoms with E-state index in [4.69, 9.17) is 4.74 Å². The van der Waals surface area contributed by atoms with Gasteiger partial charge < -0.3 is 9.64 Å². The predicted molar refractivity (Wildman–Crippen MR) is 77.1 cm³/mol. The number of benzene rings is 2. The van der Waals surface area contributed by atoms with E-state index >= 15 is 0 Å². The standard InChI is InChI=1S/C17H19NO/c1-18-12-16(13-18)19-17(14-8-4-2-5-9-14)15-10-6-3-7-11-15/h2-11,16-17H,12-13H2,1H3. The summed E-state index contributed by atoms with van der Waals surface area (Å²) in [5.74, 6) is 0. The lowest BCUT2D eigenvalue weighted by Crippen LogP contribution is -2.50. The van der Waals surface area contributed by atoms with Crippen molar-refractivity contribution in [2.75, 3.05) is 20.1 Å². The summed E-state index contributed by atoms with van der Waals surface area (Å²) in [4.78, 5) is 2.28. The van der Waals surface area contributed by atoms with Gasteiger partial charge in [-0.25, -0.2) is 0 Å². The lowest BCUT2D eigenvalue weighted by atomic mass is 10.0. The van der Waals surface area contributed by atoms with Crippen molar-refractivity contribution in [1.82, 2.24) is 4.90 Å². The number of ether oxygens (including phenoxy) is 1. The minimum atomic E-state index is 0.0427. The Morgan fingerprint density at radius 3 is 1.79 bits per heavy atom. The number of rotatable bonds is 4. The molecule has 19 heavy (non-hydrogen) atoms. The molecule has 2 heteroatoms. The van der Waals surface area contributed by atoms with Gasteiger partial charge >= 0.3 is 0 Å². The van der Waals surface area contributed by atoms with E-state index < -0.39 is 0 Å². The van der Waals surface area contributed by atoms with Crippen molar-refractivity contribution in [1.29, 1.82) is 0 Å². The molecule has 0 bridgehead atoms. The number of hydrogen-bond donors (Lipinski definition) is 0. The van der Waals surface area contributed by atoms with Gasteiger partial charge in [-0.15, -0.1) is 0 Å². The smallest absolute Gasteiger partial charge is 0.108 e. The van der Waals surface area contributed by atoms with Crippen LogP contribution >= 0.6 is 0 Å². The molecule has 1 saturated heterocycles. The normalized spacial score (nSPS) is 16.5. The third kappa shape index (κ3) is 2.86. The van der Waals surface area contributed by atoms with Crippen LogP contribution in [0, 0.1) is 0 Å². The quantitative estimate of drug-likeness (QED) is 0.830. The van der Waals surface area contributed by atoms with Gasteiger partial charge in [0.05, 0.1) is 6.10 Å². The fraction of sp³-hybridized carbons (Fsp3) is 0.294. The average Bonchev–Trinajstić information content (AvgIpc) is 2.44. The molecule has 2 nitrogen and oxygen atoms in total. The summed E-state index contributed by atoms with van der Waals surface area (Å²) in [6.45, 7) is 2.05. The van der Waals surface area contributed by atoms with Crippen LogP contribution in [0.3, 0.4) is 0 Å². The largest absolute Gasteiger partial charge is 0.363 e. The van der Waals surface area contributed by atoms with Gasteiger partial charge in [0.25, 0.3) is 0 Å². The summed E-state index contributed by atoms with van der Waals surface area (Å²) >= 11 is 0. The summed E-state index contributed by atoms with van der Waals surface area (Å²) in [7, 11) is 2.12. The SMILES string of the molecule is CN1CC(OC(c2ccccc2)c2ccccc2)C1. The Kier molecular flexibility index (Phi) is 3.62. The van der Waals surface area contributed by atoms with Crippen molar-refractivity contribution >= 4 is 0 Å². The molecular weight excluding hydrogens is 234 g/mol. The van der Waals surface area contributed by atoms with Crippen LogP contribution in [-0.4, -0.2) is 31.1 Å². The Bertz CT molecular complexity index is 466. The minimum absolute atomic E-state index is 0.0427. The lowest BCUT2D eigenvalue weighted by Gasteiger charge is -2.38. The zero-order valence-corrected chi connectivity index (χ0v) is 11.2. The van der Waals surface area contributed by atoms with Gasteiger partial charge in [0.15, 0.2) is 0 Å². The molecule has 1 fully saturated rings. The third-order valence-electron chi connectivity index (χ3n) is 3.56. The molecule has 0 saturated carbocycles. The molecule has 1 aliphatic rings. The average molecular weight is 253 g/mol. The van der Waals surface area contributed by atoms with Crippen LogP contribution in [-0.2, 0) is 4.74 Å². The molecule has 0 radical (unpaired) electrons. The van der Waals surface area contributed by atoms with Gasteiger partial charge in [0, 0.05) is 13.1 Å². The maximum atomic E-state index is 6.29. The van der Waals surface area contributed by atoms with Crippen LogP contribution in [0.4, 0.5) is 0 Å². The zero-order chi connectivity index (χ0) is 13.1. The number of likely N-dealkylation sites (N-methyl/N-ethyl adjacent to an activating group) is 1. The van der Waals surface area contributed by atoms with Crippen LogP contribution in [0.15, 0.2) is 60.7 Å². The van der Waals surface area contributed by atoms with Crippen molar-refractivity contribution < 1.29 is 4.74 Å². The van der Waals surface area contributed by atoms with Gasteiger partial charge in [-0.05, 0) is 18.2 Å². The summed E-state index contributed by atoms with van der Waals surface area (Å²) in [5, 5.41) is 0. The van der Waals surface area contributed by atoms with E-state index in [0.29, 0.717) is 6.10 Å². The predicted octanol–water partition coefficient (Wildman–Crippen LogP) is 3.11. The van der Waals surface area contributed by atoms with Gasteiger partial charge in [-0.3, -0.25) is 0 Å². The second-order valence-corrected chi connectivity index (χ2v) is 5.18. The van der Waals surface area contributed by atoms with Crippen LogP contribution in [0.25, 0.3) is 0 Å². The molecule has 1 heterocycles. The van der Waals surface area contributed by atoms with E-state index in [1.165, 1.54) is 11.1 Å². The number of likely N-dealkylation sites (tertiary alicyclic amines) is 1. The molecule has 1 aliphatic heterocycles. The van der Waals surface area contributed by atoms with Crippen LogP contribution in [0.2, 0.25) is 0 Å². The van der Waals surface area contributed by atoms with E-state index in [-0.39, 0.29) is 6.10 Å². The van der Waals surface area contributed by atoms with E-state index in [0.717, 1.165) is 13.1 Å². The minimum Gasteiger partial charge on any atom is -0.363 e. The second kappa shape index (κ2) is 5.55. The van der Waals surface area contributed by atoms with Gasteiger partial charge in [-0.2, -0.15) is 0 Å². The highest BCUT2D eigenvalue weighted by molar-refractivity contribution is 5.30. The number of hydrogen-bond acceptors (Lipinski definition) is 2. The fourth-order valence-corrected chi connectivity index (χ4v) is 2.53. The molecule has 98 valence electrons. The van der Waals surface area contributed by atoms with Crippen LogP contribution in [0.5, 0.6) is 0 Å². The molecule has 0 aliphatic carbocycles. The highest BCUT2D eigenvalue weighted by Crippen LogP contribution is 2.29. The Balaban J connectivity index is 1.83. The molecular formula is C17H19NO. The Hall–Kier alpha value is -1.64. The monoisotopic (exact) mass is 253 g/mol. The van der Waals surface area contributed by atoms with Crippen molar-refractivity contribution in [3.63, 3.8) is 0 Å². The first-order chi connectivity index (χ1) is 9.33. The molecule has 0 spiro atoms. The molecule has 2 aromatic carbocycles. The summed E-state index contributed by atoms with van der Waals surface area (Å²) in [5.41, 5.74) is 2.45. The lowest BCUT2D eigenvalue weighted by molar-refractivity contribution is -0.0717. The summed E-state index contributed by atoms with van der Waals surface area (Å²) < 4.78 is 6.29. The van der Waals surface area contributed by atoms with Crippen molar-refractivity contribution in [2.24, 2.45) is 0 Å². The summed E-state index contributed by atoms with van der Waals surface area (Å²) in [6, 6.07) is 20.9. The molecule has 0 unspecified atom stereocenters. The maximum Gasteiger partial charge on any atom is 0.108 e. The van der Waals surface area contributed by atoms with Crippen LogP contribution < -0.4 is 0 Å². The first-order valence-corrected chi connectivity index (χ1v) is 6.77. The molecule has 0 aromatic heterocycles. The topological polar surface area (TPSA) is 12.5 Å². The third-order valence-corrected chi connectivity index (χ3v) is 3.56. The van der Waals surface area contributed by atoms with E-state index in [1.807, 2.05) is 12.1 Å². The highest BCUT2D eigenvalue weighted by atomic mass is 16.5. The molecule has 0 atom stereocenters. The molecule has 0 N–H and O–H groups in total. The van der Waals surface area contributed by atoms with Crippen molar-refractivity contribution in [3.05, 3.63) is 71.8 Å². The Morgan fingerprint density at radius 1 is 0.895 bits per heavy atom. The van der Waals surface area contributed by atoms with Gasteiger partial charge in [0.2, 0.25) is 0 Å². The van der Waals surface area contributed by atoms with E-state index in [9.17, 15) is 0 Å². The molecule has 2 aromatic rings. The Morgan fingerprint density at radius 2 is 1.37 bits per heavy atom. The maximum absolute atomic E-state index is 6.29. The fourth-order valence-electron chi connectivity index (χ4n) is 2.53. The number of nitrogens with zero attached hydrogens (tertiary/aromatic N) is 1. The first kappa shape index (κ1) is 12.4. The molecule has 0 amide bonds. The second-order valence-electron chi connectivity index (χ2n) is 5.18. The van der Waals surface area contributed by atoms with Crippen LogP contribution in [0.1, 0.15) is 17.2 Å². The zero-order valence-electron chi connectivity index (χ0n) is 11.2. The highest BCUT2D eigenvalue weighted by Gasteiger charge is 2.28. The first-order valence-electron chi connectivity index (χ1n) is 6.77. The Labute approximate surface area is 114 Å². The van der Waals surface area contributed by atoms with Gasteiger partial charge in [0.1, 0.15) is 6.10 Å². The van der Waals surface area contributed by atoms with Gasteiger partial charge in [-0.1, -0.05) is 60.7 Å². The summed E-state index contributed by atoms with van der Waals surface area (Å²) in [6.07, 6.45) is 0.386.